The Kier molecular flexibility index (Phi) is 4.16. The Balaban J connectivity index is 1.52. The van der Waals surface area contributed by atoms with Crippen LogP contribution in [0, 0.1) is 0 Å². The maximum Gasteiger partial charge on any atom is 0.257 e. The van der Waals surface area contributed by atoms with Crippen molar-refractivity contribution in [3.05, 3.63) is 60.4 Å². The molecule has 0 N–H and O–H groups in total. The van der Waals surface area contributed by atoms with Gasteiger partial charge in [-0.15, -0.1) is 0 Å². The van der Waals surface area contributed by atoms with Crippen molar-refractivity contribution >= 4 is 17.3 Å². The summed E-state index contributed by atoms with van der Waals surface area (Å²) in [5, 5.41) is 4.12. The fourth-order valence-electron chi connectivity index (χ4n) is 3.16. The number of rotatable bonds is 4. The van der Waals surface area contributed by atoms with Gasteiger partial charge in [0.25, 0.3) is 5.89 Å². The van der Waals surface area contributed by atoms with Gasteiger partial charge in [0.2, 0.25) is 5.91 Å². The summed E-state index contributed by atoms with van der Waals surface area (Å²) in [6.07, 6.45) is 0.396. The Morgan fingerprint density at radius 1 is 1.08 bits per heavy atom. The zero-order chi connectivity index (χ0) is 18.1. The van der Waals surface area contributed by atoms with Crippen molar-refractivity contribution in [3.63, 3.8) is 0 Å². The predicted molar refractivity (Wildman–Crippen MR) is 100 cm³/mol. The molecule has 1 aliphatic heterocycles. The highest BCUT2D eigenvalue weighted by molar-refractivity contribution is 5.96. The molecule has 1 atom stereocenters. The van der Waals surface area contributed by atoms with Gasteiger partial charge in [0.05, 0.1) is 0 Å². The second kappa shape index (κ2) is 6.63. The summed E-state index contributed by atoms with van der Waals surface area (Å²) in [4.78, 5) is 20.7. The average Bonchev–Trinajstić information content (AvgIpc) is 3.29. The van der Waals surface area contributed by atoms with Crippen LogP contribution in [0.25, 0.3) is 11.5 Å². The largest absolute Gasteiger partial charge is 0.378 e. The van der Waals surface area contributed by atoms with E-state index in [9.17, 15) is 4.79 Å². The molecule has 0 spiro atoms. The highest BCUT2D eigenvalue weighted by atomic mass is 16.5. The number of aromatic nitrogens is 2. The number of amides is 1. The highest BCUT2D eigenvalue weighted by Crippen LogP contribution is 2.31. The van der Waals surface area contributed by atoms with Gasteiger partial charge >= 0.3 is 0 Å². The summed E-state index contributed by atoms with van der Waals surface area (Å²) in [5.74, 6) is 1.10. The van der Waals surface area contributed by atoms with E-state index in [1.807, 2.05) is 73.6 Å². The highest BCUT2D eigenvalue weighted by Gasteiger charge is 2.34. The number of carbonyl (C=O) groups excluding carboxylic acids is 1. The summed E-state index contributed by atoms with van der Waals surface area (Å²) >= 11 is 0. The van der Waals surface area contributed by atoms with Gasteiger partial charge in [-0.1, -0.05) is 23.4 Å². The minimum absolute atomic E-state index is 0.0544. The molecule has 1 fully saturated rings. The molecule has 1 aliphatic rings. The molecule has 4 rings (SSSR count). The maximum atomic E-state index is 12.4. The van der Waals surface area contributed by atoms with Gasteiger partial charge in [0, 0.05) is 49.9 Å². The molecular formula is C20H20N4O2. The number of hydrogen-bond acceptors (Lipinski definition) is 5. The molecule has 6 heteroatoms. The molecule has 6 nitrogen and oxygen atoms in total. The van der Waals surface area contributed by atoms with Gasteiger partial charge in [-0.3, -0.25) is 4.79 Å². The topological polar surface area (TPSA) is 62.5 Å². The molecule has 0 unspecified atom stereocenters. The van der Waals surface area contributed by atoms with E-state index in [2.05, 4.69) is 10.1 Å². The first kappa shape index (κ1) is 16.3. The number of benzene rings is 2. The van der Waals surface area contributed by atoms with Crippen molar-refractivity contribution in [2.24, 2.45) is 0 Å². The molecule has 2 aromatic carbocycles. The second-order valence-corrected chi connectivity index (χ2v) is 6.64. The van der Waals surface area contributed by atoms with Crippen LogP contribution in [0.4, 0.5) is 11.4 Å². The van der Waals surface area contributed by atoms with Crippen LogP contribution in [0.15, 0.2) is 59.1 Å². The lowest BCUT2D eigenvalue weighted by molar-refractivity contribution is -0.117. The normalized spacial score (nSPS) is 16.9. The molecule has 0 aliphatic carbocycles. The fourth-order valence-corrected chi connectivity index (χ4v) is 3.16. The van der Waals surface area contributed by atoms with Gasteiger partial charge < -0.3 is 14.3 Å². The molecule has 0 bridgehead atoms. The van der Waals surface area contributed by atoms with E-state index in [1.165, 1.54) is 0 Å². The molecule has 1 amide bonds. The smallest absolute Gasteiger partial charge is 0.257 e. The Labute approximate surface area is 152 Å². The molecule has 1 aromatic heterocycles. The molecule has 1 saturated heterocycles. The lowest BCUT2D eigenvalue weighted by Gasteiger charge is -2.15. The van der Waals surface area contributed by atoms with Crippen LogP contribution in [-0.4, -0.2) is 36.7 Å². The van der Waals surface area contributed by atoms with Crippen LogP contribution in [0.2, 0.25) is 0 Å². The minimum Gasteiger partial charge on any atom is -0.378 e. The first-order chi connectivity index (χ1) is 12.6. The Bertz CT molecular complexity index is 903. The van der Waals surface area contributed by atoms with Crippen LogP contribution in [0.1, 0.15) is 18.2 Å². The minimum atomic E-state index is -0.0544. The van der Waals surface area contributed by atoms with E-state index in [1.54, 1.807) is 4.90 Å². The number of nitrogens with zero attached hydrogens (tertiary/aromatic N) is 4. The molecule has 26 heavy (non-hydrogen) atoms. The summed E-state index contributed by atoms with van der Waals surface area (Å²) in [6.45, 7) is 0.571. The van der Waals surface area contributed by atoms with Gasteiger partial charge in [-0.25, -0.2) is 0 Å². The van der Waals surface area contributed by atoms with Gasteiger partial charge in [-0.2, -0.15) is 4.98 Å². The molecule has 3 aromatic rings. The van der Waals surface area contributed by atoms with Crippen molar-refractivity contribution in [3.8, 4) is 11.5 Å². The zero-order valence-corrected chi connectivity index (χ0v) is 14.8. The van der Waals surface area contributed by atoms with Crippen molar-refractivity contribution in [1.29, 1.82) is 0 Å². The Morgan fingerprint density at radius 2 is 1.81 bits per heavy atom. The van der Waals surface area contributed by atoms with E-state index in [0.29, 0.717) is 24.7 Å². The third kappa shape index (κ3) is 3.06. The van der Waals surface area contributed by atoms with E-state index >= 15 is 0 Å². The quantitative estimate of drug-likeness (QED) is 0.724. The van der Waals surface area contributed by atoms with E-state index in [-0.39, 0.29) is 11.8 Å². The predicted octanol–water partition coefficient (Wildman–Crippen LogP) is 3.32. The van der Waals surface area contributed by atoms with Gasteiger partial charge in [0.1, 0.15) is 0 Å². The third-order valence-electron chi connectivity index (χ3n) is 4.63. The van der Waals surface area contributed by atoms with Crippen molar-refractivity contribution in [1.82, 2.24) is 10.1 Å². The standard InChI is InChI=1S/C20H20N4O2/c1-23(2)16-10-8-14(9-11-16)20-21-19(22-26-20)15-12-18(25)24(13-15)17-6-4-3-5-7-17/h3-11,15H,12-13H2,1-2H3/t15-/m1/s1. The summed E-state index contributed by atoms with van der Waals surface area (Å²) in [7, 11) is 3.99. The van der Waals surface area contributed by atoms with E-state index in [4.69, 9.17) is 4.52 Å². The first-order valence-electron chi connectivity index (χ1n) is 8.58. The Morgan fingerprint density at radius 3 is 2.50 bits per heavy atom. The monoisotopic (exact) mass is 348 g/mol. The van der Waals surface area contributed by atoms with Crippen molar-refractivity contribution in [2.75, 3.05) is 30.4 Å². The van der Waals surface area contributed by atoms with Crippen LogP contribution < -0.4 is 9.80 Å². The van der Waals surface area contributed by atoms with Crippen molar-refractivity contribution in [2.45, 2.75) is 12.3 Å². The maximum absolute atomic E-state index is 12.4. The summed E-state index contributed by atoms with van der Waals surface area (Å²) < 4.78 is 5.44. The van der Waals surface area contributed by atoms with Crippen molar-refractivity contribution < 1.29 is 9.32 Å². The molecule has 2 heterocycles. The summed E-state index contributed by atoms with van der Waals surface area (Å²) in [6, 6.07) is 17.6. The van der Waals surface area contributed by atoms with Gasteiger partial charge in [0.15, 0.2) is 5.82 Å². The lowest BCUT2D eigenvalue weighted by Crippen LogP contribution is -2.24. The number of anilines is 2. The number of carbonyl (C=O) groups is 1. The molecular weight excluding hydrogens is 328 g/mol. The number of para-hydroxylation sites is 1. The average molecular weight is 348 g/mol. The Hall–Kier alpha value is -3.15. The van der Waals surface area contributed by atoms with Crippen LogP contribution in [0.3, 0.4) is 0 Å². The SMILES string of the molecule is CN(C)c1ccc(-c2nc([C@@H]3CC(=O)N(c4ccccc4)C3)no2)cc1. The molecule has 132 valence electrons. The van der Waals surface area contributed by atoms with Crippen LogP contribution in [-0.2, 0) is 4.79 Å². The third-order valence-corrected chi connectivity index (χ3v) is 4.63. The lowest BCUT2D eigenvalue weighted by atomic mass is 10.1. The molecule has 0 saturated carbocycles. The molecule has 0 radical (unpaired) electrons. The number of hydrogen-bond donors (Lipinski definition) is 0. The second-order valence-electron chi connectivity index (χ2n) is 6.64. The first-order valence-corrected chi connectivity index (χ1v) is 8.58. The van der Waals surface area contributed by atoms with Crippen LogP contribution >= 0.6 is 0 Å². The van der Waals surface area contributed by atoms with E-state index in [0.717, 1.165) is 16.9 Å². The van der Waals surface area contributed by atoms with Gasteiger partial charge in [-0.05, 0) is 36.4 Å². The van der Waals surface area contributed by atoms with E-state index < -0.39 is 0 Å². The summed E-state index contributed by atoms with van der Waals surface area (Å²) in [5.41, 5.74) is 2.88. The zero-order valence-electron chi connectivity index (χ0n) is 14.8. The van der Waals surface area contributed by atoms with Crippen LogP contribution in [0.5, 0.6) is 0 Å². The fraction of sp³-hybridized carbons (Fsp3) is 0.250.